The number of anilines is 1. The number of carbonyl (C=O) groups is 1. The fourth-order valence-corrected chi connectivity index (χ4v) is 2.23. The molecule has 0 saturated heterocycles. The third-order valence-electron chi connectivity index (χ3n) is 2.83. The molecule has 0 atom stereocenters. The van der Waals surface area contributed by atoms with E-state index in [1.54, 1.807) is 0 Å². The van der Waals surface area contributed by atoms with Crippen molar-refractivity contribution in [3.05, 3.63) is 26.7 Å². The zero-order chi connectivity index (χ0) is 11.7. The second kappa shape index (κ2) is 4.35. The summed E-state index contributed by atoms with van der Waals surface area (Å²) < 4.78 is 1.13. The highest BCUT2D eigenvalue weighted by atomic mass is 79.9. The van der Waals surface area contributed by atoms with Gasteiger partial charge in [-0.2, -0.15) is 0 Å². The van der Waals surface area contributed by atoms with E-state index in [9.17, 15) is 4.79 Å². The minimum atomic E-state index is -0.0256. The van der Waals surface area contributed by atoms with E-state index in [4.69, 9.17) is 0 Å². The first kappa shape index (κ1) is 12.2. The second-order valence-corrected chi connectivity index (χ2v) is 4.66. The molecule has 2 nitrogen and oxygen atoms in total. The third kappa shape index (κ3) is 2.23. The minimum absolute atomic E-state index is 0.0256. The third-order valence-corrected chi connectivity index (χ3v) is 4.02. The van der Waals surface area contributed by atoms with Crippen LogP contribution in [0.1, 0.15) is 29.2 Å². The Kier molecular flexibility index (Phi) is 3.55. The maximum Gasteiger partial charge on any atom is 0.221 e. The molecule has 0 unspecified atom stereocenters. The zero-order valence-corrected chi connectivity index (χ0v) is 11.4. The summed E-state index contributed by atoms with van der Waals surface area (Å²) in [5, 5.41) is 2.89. The normalized spacial score (nSPS) is 10.3. The van der Waals surface area contributed by atoms with Gasteiger partial charge in [0.15, 0.2) is 0 Å². The number of hydrogen-bond acceptors (Lipinski definition) is 1. The van der Waals surface area contributed by atoms with Crippen molar-refractivity contribution in [2.24, 2.45) is 0 Å². The number of rotatable bonds is 1. The molecule has 0 aliphatic heterocycles. The van der Waals surface area contributed by atoms with Crippen LogP contribution < -0.4 is 5.32 Å². The molecule has 15 heavy (non-hydrogen) atoms. The van der Waals surface area contributed by atoms with Gasteiger partial charge in [0.1, 0.15) is 0 Å². The molecule has 0 aromatic heterocycles. The molecule has 0 fully saturated rings. The lowest BCUT2D eigenvalue weighted by molar-refractivity contribution is -0.114. The first-order chi connectivity index (χ1) is 6.86. The fraction of sp³-hybridized carbons (Fsp3) is 0.417. The Hall–Kier alpha value is -0.830. The highest BCUT2D eigenvalue weighted by Gasteiger charge is 2.13. The molecule has 0 aliphatic rings. The Balaban J connectivity index is 3.45. The van der Waals surface area contributed by atoms with E-state index in [0.29, 0.717) is 0 Å². The average molecular weight is 270 g/mol. The van der Waals surface area contributed by atoms with Gasteiger partial charge in [0.05, 0.1) is 0 Å². The van der Waals surface area contributed by atoms with E-state index in [-0.39, 0.29) is 5.91 Å². The minimum Gasteiger partial charge on any atom is -0.326 e. The van der Waals surface area contributed by atoms with Crippen LogP contribution in [0.15, 0.2) is 4.47 Å². The number of nitrogens with one attached hydrogen (secondary N) is 1. The molecule has 0 bridgehead atoms. The van der Waals surface area contributed by atoms with E-state index in [1.165, 1.54) is 18.1 Å². The van der Waals surface area contributed by atoms with Crippen LogP contribution in [-0.2, 0) is 4.79 Å². The largest absolute Gasteiger partial charge is 0.326 e. The van der Waals surface area contributed by atoms with Crippen LogP contribution in [0.2, 0.25) is 0 Å². The van der Waals surface area contributed by atoms with Crippen molar-refractivity contribution in [3.8, 4) is 0 Å². The van der Waals surface area contributed by atoms with Crippen molar-refractivity contribution in [3.63, 3.8) is 0 Å². The van der Waals surface area contributed by atoms with Crippen molar-refractivity contribution >= 4 is 27.5 Å². The molecule has 0 spiro atoms. The quantitative estimate of drug-likeness (QED) is 0.829. The monoisotopic (exact) mass is 269 g/mol. The predicted octanol–water partition coefficient (Wildman–Crippen LogP) is 3.64. The lowest BCUT2D eigenvalue weighted by atomic mass is 9.98. The van der Waals surface area contributed by atoms with Gasteiger partial charge in [-0.3, -0.25) is 4.79 Å². The van der Waals surface area contributed by atoms with Gasteiger partial charge in [-0.05, 0) is 49.9 Å². The Morgan fingerprint density at radius 2 is 1.40 bits per heavy atom. The van der Waals surface area contributed by atoms with Gasteiger partial charge in [-0.25, -0.2) is 0 Å². The Morgan fingerprint density at radius 3 is 1.73 bits per heavy atom. The Labute approximate surface area is 99.2 Å². The van der Waals surface area contributed by atoms with Crippen LogP contribution >= 0.6 is 15.9 Å². The SMILES string of the molecule is CC(=O)Nc1c(C)c(C)c(Br)c(C)c1C. The summed E-state index contributed by atoms with van der Waals surface area (Å²) in [6.07, 6.45) is 0. The lowest BCUT2D eigenvalue weighted by Crippen LogP contribution is -2.10. The second-order valence-electron chi connectivity index (χ2n) is 3.87. The topological polar surface area (TPSA) is 29.1 Å². The van der Waals surface area contributed by atoms with E-state index in [1.807, 2.05) is 13.8 Å². The molecule has 1 aromatic carbocycles. The molecule has 0 aliphatic carbocycles. The van der Waals surface area contributed by atoms with Crippen LogP contribution in [0, 0.1) is 27.7 Å². The number of amides is 1. The smallest absolute Gasteiger partial charge is 0.221 e. The molecular formula is C12H16BrNO. The summed E-state index contributed by atoms with van der Waals surface area (Å²) in [4.78, 5) is 11.1. The maximum atomic E-state index is 11.1. The summed E-state index contributed by atoms with van der Waals surface area (Å²) in [6.45, 7) is 9.69. The van der Waals surface area contributed by atoms with Crippen LogP contribution in [0.4, 0.5) is 5.69 Å². The molecular weight excluding hydrogens is 254 g/mol. The van der Waals surface area contributed by atoms with Gasteiger partial charge in [-0.15, -0.1) is 0 Å². The van der Waals surface area contributed by atoms with Crippen molar-refractivity contribution in [2.45, 2.75) is 34.6 Å². The van der Waals surface area contributed by atoms with Gasteiger partial charge in [0.25, 0.3) is 0 Å². The standard InChI is InChI=1S/C12H16BrNO/c1-6-8(3)12(14-10(5)15)9(4)7(2)11(6)13/h1-5H3,(H,14,15). The van der Waals surface area contributed by atoms with E-state index in [2.05, 4.69) is 35.1 Å². The summed E-state index contributed by atoms with van der Waals surface area (Å²) in [7, 11) is 0. The highest BCUT2D eigenvalue weighted by Crippen LogP contribution is 2.33. The molecule has 1 aromatic rings. The van der Waals surface area contributed by atoms with Gasteiger partial charge in [-0.1, -0.05) is 15.9 Å². The van der Waals surface area contributed by atoms with Gasteiger partial charge in [0.2, 0.25) is 5.91 Å². The Bertz CT molecular complexity index is 395. The van der Waals surface area contributed by atoms with Crippen LogP contribution in [0.3, 0.4) is 0 Å². The van der Waals surface area contributed by atoms with Crippen molar-refractivity contribution in [2.75, 3.05) is 5.32 Å². The van der Waals surface area contributed by atoms with Crippen molar-refractivity contribution in [1.82, 2.24) is 0 Å². The number of halogens is 1. The molecule has 3 heteroatoms. The van der Waals surface area contributed by atoms with Crippen molar-refractivity contribution < 1.29 is 4.79 Å². The lowest BCUT2D eigenvalue weighted by Gasteiger charge is -2.17. The van der Waals surface area contributed by atoms with Gasteiger partial charge in [0, 0.05) is 17.1 Å². The van der Waals surface area contributed by atoms with Gasteiger partial charge < -0.3 is 5.32 Å². The van der Waals surface area contributed by atoms with Gasteiger partial charge >= 0.3 is 0 Å². The Morgan fingerprint density at radius 1 is 1.00 bits per heavy atom. The van der Waals surface area contributed by atoms with E-state index < -0.39 is 0 Å². The number of hydrogen-bond donors (Lipinski definition) is 1. The van der Waals surface area contributed by atoms with Crippen molar-refractivity contribution in [1.29, 1.82) is 0 Å². The summed E-state index contributed by atoms with van der Waals surface area (Å²) >= 11 is 3.57. The highest BCUT2D eigenvalue weighted by molar-refractivity contribution is 9.10. The molecule has 1 N–H and O–H groups in total. The summed E-state index contributed by atoms with van der Waals surface area (Å²) in [5.41, 5.74) is 5.56. The fourth-order valence-electron chi connectivity index (χ4n) is 1.63. The van der Waals surface area contributed by atoms with Crippen LogP contribution in [0.5, 0.6) is 0 Å². The number of benzene rings is 1. The summed E-state index contributed by atoms with van der Waals surface area (Å²) in [5.74, 6) is -0.0256. The molecule has 1 amide bonds. The zero-order valence-electron chi connectivity index (χ0n) is 9.79. The molecule has 0 saturated carbocycles. The van der Waals surface area contributed by atoms with Crippen LogP contribution in [-0.4, -0.2) is 5.91 Å². The predicted molar refractivity (Wildman–Crippen MR) is 67.4 cm³/mol. The average Bonchev–Trinajstić information content (AvgIpc) is 2.18. The van der Waals surface area contributed by atoms with Crippen LogP contribution in [0.25, 0.3) is 0 Å². The van der Waals surface area contributed by atoms with E-state index in [0.717, 1.165) is 21.3 Å². The molecule has 82 valence electrons. The number of carbonyl (C=O) groups excluding carboxylic acids is 1. The van der Waals surface area contributed by atoms with E-state index >= 15 is 0 Å². The summed E-state index contributed by atoms with van der Waals surface area (Å²) in [6, 6.07) is 0. The molecule has 1 rings (SSSR count). The molecule has 0 radical (unpaired) electrons. The first-order valence-electron chi connectivity index (χ1n) is 4.89. The first-order valence-corrected chi connectivity index (χ1v) is 5.69. The molecule has 0 heterocycles. The maximum absolute atomic E-state index is 11.1.